The fourth-order valence-corrected chi connectivity index (χ4v) is 4.11. The molecule has 0 bridgehead atoms. The number of alkyl halides is 3. The molecule has 3 aromatic rings. The molecule has 1 unspecified atom stereocenters. The molecule has 0 saturated heterocycles. The van der Waals surface area contributed by atoms with Crippen LogP contribution in [0.2, 0.25) is 0 Å². The van der Waals surface area contributed by atoms with Crippen LogP contribution in [0, 0.1) is 0 Å². The Morgan fingerprint density at radius 1 is 0.867 bits per heavy atom. The second kappa shape index (κ2) is 8.20. The molecule has 30 heavy (non-hydrogen) atoms. The molecule has 1 N–H and O–H groups in total. The van der Waals surface area contributed by atoms with Crippen LogP contribution in [0.4, 0.5) is 13.2 Å². The second-order valence-corrected chi connectivity index (χ2v) is 8.07. The van der Waals surface area contributed by atoms with E-state index in [1.165, 1.54) is 6.07 Å². The predicted octanol–water partition coefficient (Wildman–Crippen LogP) is 6.04. The molecule has 0 spiro atoms. The van der Waals surface area contributed by atoms with E-state index in [9.17, 15) is 18.0 Å². The highest BCUT2D eigenvalue weighted by Crippen LogP contribution is 2.32. The van der Waals surface area contributed by atoms with Crippen molar-refractivity contribution in [1.82, 2.24) is 4.72 Å². The molecule has 4 rings (SSSR count). The van der Waals surface area contributed by atoms with E-state index in [2.05, 4.69) is 9.12 Å². The summed E-state index contributed by atoms with van der Waals surface area (Å²) in [6, 6.07) is 19.4. The number of nitrogens with one attached hydrogen (secondary N) is 1. The highest BCUT2D eigenvalue weighted by molar-refractivity contribution is 8.17. The van der Waals surface area contributed by atoms with Crippen molar-refractivity contribution in [3.8, 4) is 11.1 Å². The summed E-state index contributed by atoms with van der Waals surface area (Å²) >= 11 is -1.21. The van der Waals surface area contributed by atoms with Gasteiger partial charge in [-0.15, -0.1) is 0 Å². The van der Waals surface area contributed by atoms with Crippen LogP contribution in [0.5, 0.6) is 0 Å². The van der Waals surface area contributed by atoms with Gasteiger partial charge in [0.15, 0.2) is 0 Å². The Bertz CT molecular complexity index is 1100. The molecule has 3 nitrogen and oxygen atoms in total. The Morgan fingerprint density at radius 2 is 1.60 bits per heavy atom. The van der Waals surface area contributed by atoms with E-state index in [1.54, 1.807) is 36.5 Å². The Morgan fingerprint density at radius 3 is 2.33 bits per heavy atom. The van der Waals surface area contributed by atoms with E-state index in [0.29, 0.717) is 16.7 Å². The minimum absolute atomic E-state index is 0.288. The van der Waals surface area contributed by atoms with Crippen LogP contribution < -0.4 is 4.72 Å². The maximum atomic E-state index is 12.9. The number of carbonyl (C=O) groups excluding carboxylic acids is 1. The fourth-order valence-electron chi connectivity index (χ4n) is 3.02. The largest absolute Gasteiger partial charge is 0.416 e. The van der Waals surface area contributed by atoms with Crippen molar-refractivity contribution in [2.45, 2.75) is 6.18 Å². The van der Waals surface area contributed by atoms with Crippen LogP contribution in [0.25, 0.3) is 17.2 Å². The Balaban J connectivity index is 1.48. The van der Waals surface area contributed by atoms with Crippen molar-refractivity contribution >= 4 is 29.5 Å². The molecule has 1 amide bonds. The zero-order valence-corrected chi connectivity index (χ0v) is 16.5. The first kappa shape index (κ1) is 20.0. The molecule has 3 aromatic carbocycles. The van der Waals surface area contributed by atoms with Gasteiger partial charge < -0.3 is 0 Å². The molecule has 1 aliphatic heterocycles. The summed E-state index contributed by atoms with van der Waals surface area (Å²) in [7, 11) is 0. The zero-order chi connectivity index (χ0) is 21.1. The van der Waals surface area contributed by atoms with Crippen molar-refractivity contribution in [3.63, 3.8) is 0 Å². The second-order valence-electron chi connectivity index (χ2n) is 6.63. The first-order valence-corrected chi connectivity index (χ1v) is 10.5. The van der Waals surface area contributed by atoms with Gasteiger partial charge in [0.25, 0.3) is 5.91 Å². The SMILES string of the molecule is O=C(N[SH]1C=Cc2ccccc2C=N1)c1ccc(-c2cccc(C(F)(F)F)c2)cc1. The average molecular weight is 426 g/mol. The lowest BCUT2D eigenvalue weighted by atomic mass is 10.0. The standard InChI is InChI=1S/C23H17F3N2OS/c24-23(25,26)21-7-3-6-19(14-21)17-8-10-18(11-9-17)22(29)28-30-13-12-16-4-1-2-5-20(16)15-27-30/h1-15,30H,(H,28,29). The van der Waals surface area contributed by atoms with E-state index in [0.717, 1.165) is 23.3 Å². The van der Waals surface area contributed by atoms with Crippen molar-refractivity contribution in [2.75, 3.05) is 0 Å². The molecule has 152 valence electrons. The van der Waals surface area contributed by atoms with E-state index in [-0.39, 0.29) is 5.91 Å². The topological polar surface area (TPSA) is 41.5 Å². The number of amides is 1. The molecule has 7 heteroatoms. The van der Waals surface area contributed by atoms with Gasteiger partial charge >= 0.3 is 6.18 Å². The van der Waals surface area contributed by atoms with Crippen LogP contribution in [0.1, 0.15) is 27.0 Å². The summed E-state index contributed by atoms with van der Waals surface area (Å²) in [6.45, 7) is 0. The molecule has 1 aliphatic rings. The number of carbonyl (C=O) groups is 1. The lowest BCUT2D eigenvalue weighted by Crippen LogP contribution is -2.18. The van der Waals surface area contributed by atoms with Gasteiger partial charge in [-0.1, -0.05) is 59.8 Å². The highest BCUT2D eigenvalue weighted by Gasteiger charge is 2.30. The van der Waals surface area contributed by atoms with Crippen LogP contribution >= 0.6 is 11.3 Å². The number of halogens is 3. The Kier molecular flexibility index (Phi) is 5.46. The first-order valence-electron chi connectivity index (χ1n) is 9.09. The summed E-state index contributed by atoms with van der Waals surface area (Å²) in [5, 5.41) is 1.87. The lowest BCUT2D eigenvalue weighted by molar-refractivity contribution is -0.137. The number of rotatable bonds is 3. The van der Waals surface area contributed by atoms with Crippen LogP contribution in [-0.4, -0.2) is 12.1 Å². The Labute approximate surface area is 174 Å². The van der Waals surface area contributed by atoms with Gasteiger partial charge in [0.05, 0.1) is 5.56 Å². The van der Waals surface area contributed by atoms with E-state index in [4.69, 9.17) is 0 Å². The maximum absolute atomic E-state index is 12.9. The zero-order valence-electron chi connectivity index (χ0n) is 15.6. The molecule has 0 fully saturated rings. The number of hydrogen-bond acceptors (Lipinski definition) is 2. The summed E-state index contributed by atoms with van der Waals surface area (Å²) < 4.78 is 46.1. The molecular weight excluding hydrogens is 409 g/mol. The molecule has 0 radical (unpaired) electrons. The lowest BCUT2D eigenvalue weighted by Gasteiger charge is -2.14. The third-order valence-electron chi connectivity index (χ3n) is 4.60. The third kappa shape index (κ3) is 4.46. The van der Waals surface area contributed by atoms with E-state index < -0.39 is 23.0 Å². The van der Waals surface area contributed by atoms with Crippen LogP contribution in [0.3, 0.4) is 0 Å². The third-order valence-corrected chi connectivity index (χ3v) is 5.83. The van der Waals surface area contributed by atoms with Gasteiger partial charge in [-0.2, -0.15) is 13.2 Å². The number of benzene rings is 3. The Hall–Kier alpha value is -3.32. The van der Waals surface area contributed by atoms with Crippen molar-refractivity contribution in [2.24, 2.45) is 4.40 Å². The molecule has 0 aliphatic carbocycles. The maximum Gasteiger partial charge on any atom is 0.416 e. The quantitative estimate of drug-likeness (QED) is 0.493. The normalized spacial score (nSPS) is 16.6. The number of thiol groups is 1. The molecule has 1 heterocycles. The summed E-state index contributed by atoms with van der Waals surface area (Å²) in [5.74, 6) is -0.288. The van der Waals surface area contributed by atoms with Gasteiger partial charge in [0, 0.05) is 17.3 Å². The molecule has 0 aromatic heterocycles. The molecule has 1 atom stereocenters. The summed E-state index contributed by atoms with van der Waals surface area (Å²) in [6.07, 6.45) is -0.715. The first-order chi connectivity index (χ1) is 14.4. The van der Waals surface area contributed by atoms with E-state index in [1.807, 2.05) is 35.7 Å². The molecular formula is C23H17F3N2OS. The number of hydrogen-bond donors (Lipinski definition) is 2. The van der Waals surface area contributed by atoms with Crippen molar-refractivity contribution < 1.29 is 18.0 Å². The van der Waals surface area contributed by atoms with Gasteiger partial charge in [-0.25, -0.2) is 4.40 Å². The van der Waals surface area contributed by atoms with Crippen molar-refractivity contribution in [1.29, 1.82) is 0 Å². The predicted molar refractivity (Wildman–Crippen MR) is 116 cm³/mol. The van der Waals surface area contributed by atoms with Crippen LogP contribution in [0.15, 0.2) is 82.6 Å². The number of nitrogens with zero attached hydrogens (tertiary/aromatic N) is 1. The summed E-state index contributed by atoms with van der Waals surface area (Å²) in [5.41, 5.74) is 2.77. The van der Waals surface area contributed by atoms with Gasteiger partial charge in [-0.05, 0) is 52.4 Å². The summed E-state index contributed by atoms with van der Waals surface area (Å²) in [4.78, 5) is 12.6. The smallest absolute Gasteiger partial charge is 0.296 e. The van der Waals surface area contributed by atoms with Crippen LogP contribution in [-0.2, 0) is 6.18 Å². The molecule has 0 saturated carbocycles. The minimum atomic E-state index is -4.40. The monoisotopic (exact) mass is 426 g/mol. The highest BCUT2D eigenvalue weighted by atomic mass is 32.2. The average Bonchev–Trinajstić information content (AvgIpc) is 2.96. The van der Waals surface area contributed by atoms with E-state index >= 15 is 0 Å². The van der Waals surface area contributed by atoms with Gasteiger partial charge in [0.1, 0.15) is 0 Å². The fraction of sp³-hybridized carbons (Fsp3) is 0.0435. The van der Waals surface area contributed by atoms with Crippen molar-refractivity contribution in [3.05, 3.63) is 100 Å². The van der Waals surface area contributed by atoms with Gasteiger partial charge in [0.2, 0.25) is 0 Å². The minimum Gasteiger partial charge on any atom is -0.296 e. The number of fused-ring (bicyclic) bond motifs is 1. The van der Waals surface area contributed by atoms with Gasteiger partial charge in [-0.3, -0.25) is 9.52 Å².